The van der Waals surface area contributed by atoms with E-state index < -0.39 is 0 Å². The molecule has 20 heavy (non-hydrogen) atoms. The van der Waals surface area contributed by atoms with Crippen molar-refractivity contribution >= 4 is 11.6 Å². The van der Waals surface area contributed by atoms with Crippen molar-refractivity contribution in [1.29, 1.82) is 0 Å². The minimum absolute atomic E-state index is 0.0209. The fraction of sp³-hybridized carbons (Fsp3) is 0.562. The molecule has 0 aliphatic carbocycles. The molecule has 4 nitrogen and oxygen atoms in total. The van der Waals surface area contributed by atoms with Gasteiger partial charge >= 0.3 is 0 Å². The number of amides is 1. The average Bonchev–Trinajstić information content (AvgIpc) is 2.82. The van der Waals surface area contributed by atoms with Crippen LogP contribution in [0.15, 0.2) is 24.3 Å². The Bertz CT molecular complexity index is 457. The minimum atomic E-state index is -0.0209. The van der Waals surface area contributed by atoms with Crippen LogP contribution in [0.5, 0.6) is 0 Å². The molecule has 2 aliphatic heterocycles. The highest BCUT2D eigenvalue weighted by molar-refractivity contribution is 5.88. The van der Waals surface area contributed by atoms with E-state index in [1.54, 1.807) is 0 Å². The number of hydrogen-bond acceptors (Lipinski definition) is 3. The van der Waals surface area contributed by atoms with Gasteiger partial charge in [-0.1, -0.05) is 12.1 Å². The van der Waals surface area contributed by atoms with E-state index in [4.69, 9.17) is 0 Å². The van der Waals surface area contributed by atoms with Crippen LogP contribution in [0.3, 0.4) is 0 Å². The van der Waals surface area contributed by atoms with Gasteiger partial charge in [0, 0.05) is 38.3 Å². The summed E-state index contributed by atoms with van der Waals surface area (Å²) < 4.78 is 0. The third-order valence-electron chi connectivity index (χ3n) is 4.36. The second-order valence-corrected chi connectivity index (χ2v) is 6.04. The molecule has 3 rings (SSSR count). The van der Waals surface area contributed by atoms with Crippen molar-refractivity contribution in [3.05, 3.63) is 29.8 Å². The summed E-state index contributed by atoms with van der Waals surface area (Å²) in [6, 6.07) is 8.89. The van der Waals surface area contributed by atoms with Crippen LogP contribution in [-0.2, 0) is 11.3 Å². The summed E-state index contributed by atoms with van der Waals surface area (Å²) in [6.45, 7) is 6.10. The van der Waals surface area contributed by atoms with E-state index in [9.17, 15) is 4.79 Å². The standard InChI is InChI=1S/C16H23N3O/c1-12(20)18-15-6-4-13(5-7-15)9-19-10-14-3-2-8-17-16(14)11-19/h4-7,14,16-17H,2-3,8-11H2,1H3,(H,18,20)/t14-,16+/m0/s1. The topological polar surface area (TPSA) is 44.4 Å². The highest BCUT2D eigenvalue weighted by Gasteiger charge is 2.33. The number of rotatable bonds is 3. The highest BCUT2D eigenvalue weighted by atomic mass is 16.1. The molecule has 1 amide bonds. The summed E-state index contributed by atoms with van der Waals surface area (Å²) in [5, 5.41) is 6.44. The van der Waals surface area contributed by atoms with Crippen LogP contribution in [0, 0.1) is 5.92 Å². The molecular formula is C16H23N3O. The van der Waals surface area contributed by atoms with Crippen molar-refractivity contribution in [3.63, 3.8) is 0 Å². The molecule has 1 aromatic rings. The quantitative estimate of drug-likeness (QED) is 0.883. The van der Waals surface area contributed by atoms with Crippen LogP contribution in [0.25, 0.3) is 0 Å². The van der Waals surface area contributed by atoms with Crippen LogP contribution >= 0.6 is 0 Å². The molecule has 108 valence electrons. The van der Waals surface area contributed by atoms with E-state index in [0.717, 1.165) is 24.7 Å². The minimum Gasteiger partial charge on any atom is -0.326 e. The number of hydrogen-bond donors (Lipinski definition) is 2. The fourth-order valence-corrected chi connectivity index (χ4v) is 3.42. The molecule has 2 aliphatic rings. The summed E-state index contributed by atoms with van der Waals surface area (Å²) in [5.41, 5.74) is 2.19. The number of carbonyl (C=O) groups excluding carboxylic acids is 1. The monoisotopic (exact) mass is 273 g/mol. The first-order valence-electron chi connectivity index (χ1n) is 7.53. The van der Waals surface area contributed by atoms with E-state index in [2.05, 4.69) is 27.7 Å². The zero-order chi connectivity index (χ0) is 13.9. The maximum Gasteiger partial charge on any atom is 0.221 e. The third kappa shape index (κ3) is 3.19. The van der Waals surface area contributed by atoms with E-state index in [1.807, 2.05) is 12.1 Å². The summed E-state index contributed by atoms with van der Waals surface area (Å²) in [4.78, 5) is 13.5. The average molecular weight is 273 g/mol. The van der Waals surface area contributed by atoms with Gasteiger partial charge in [-0.2, -0.15) is 0 Å². The Balaban J connectivity index is 1.57. The molecule has 0 spiro atoms. The third-order valence-corrected chi connectivity index (χ3v) is 4.36. The summed E-state index contributed by atoms with van der Waals surface area (Å²) in [7, 11) is 0. The lowest BCUT2D eigenvalue weighted by Crippen LogP contribution is -2.40. The van der Waals surface area contributed by atoms with Crippen molar-refractivity contribution in [2.75, 3.05) is 25.0 Å². The Morgan fingerprint density at radius 3 is 2.85 bits per heavy atom. The van der Waals surface area contributed by atoms with Gasteiger partial charge in [-0.15, -0.1) is 0 Å². The second kappa shape index (κ2) is 5.94. The molecule has 0 radical (unpaired) electrons. The van der Waals surface area contributed by atoms with Gasteiger partial charge < -0.3 is 10.6 Å². The number of carbonyl (C=O) groups is 1. The predicted octanol–water partition coefficient (Wildman–Crippen LogP) is 1.83. The molecule has 2 saturated heterocycles. The van der Waals surface area contributed by atoms with Gasteiger partial charge in [-0.05, 0) is 43.0 Å². The Kier molecular flexibility index (Phi) is 4.03. The molecular weight excluding hydrogens is 250 g/mol. The van der Waals surface area contributed by atoms with Gasteiger partial charge in [0.1, 0.15) is 0 Å². The summed E-state index contributed by atoms with van der Waals surface area (Å²) in [5.74, 6) is 0.815. The van der Waals surface area contributed by atoms with Crippen molar-refractivity contribution in [1.82, 2.24) is 10.2 Å². The molecule has 1 aromatic carbocycles. The van der Waals surface area contributed by atoms with E-state index in [-0.39, 0.29) is 5.91 Å². The Hall–Kier alpha value is -1.39. The number of nitrogens with zero attached hydrogens (tertiary/aromatic N) is 1. The highest BCUT2D eigenvalue weighted by Crippen LogP contribution is 2.26. The van der Waals surface area contributed by atoms with Gasteiger partial charge in [0.15, 0.2) is 0 Å². The van der Waals surface area contributed by atoms with E-state index in [1.165, 1.54) is 38.4 Å². The normalized spacial score (nSPS) is 26.2. The largest absolute Gasteiger partial charge is 0.326 e. The number of nitrogens with one attached hydrogen (secondary N) is 2. The lowest BCUT2D eigenvalue weighted by atomic mass is 9.94. The molecule has 0 bridgehead atoms. The van der Waals surface area contributed by atoms with Crippen LogP contribution < -0.4 is 10.6 Å². The van der Waals surface area contributed by atoms with Crippen LogP contribution in [-0.4, -0.2) is 36.5 Å². The second-order valence-electron chi connectivity index (χ2n) is 6.04. The number of anilines is 1. The molecule has 0 aromatic heterocycles. The zero-order valence-corrected chi connectivity index (χ0v) is 12.1. The van der Waals surface area contributed by atoms with Gasteiger partial charge in [0.05, 0.1) is 0 Å². The molecule has 0 saturated carbocycles. The maximum atomic E-state index is 11.0. The summed E-state index contributed by atoms with van der Waals surface area (Å²) >= 11 is 0. The van der Waals surface area contributed by atoms with E-state index >= 15 is 0 Å². The predicted molar refractivity (Wildman–Crippen MR) is 80.5 cm³/mol. The molecule has 4 heteroatoms. The zero-order valence-electron chi connectivity index (χ0n) is 12.1. The van der Waals surface area contributed by atoms with Crippen LogP contribution in [0.2, 0.25) is 0 Å². The summed E-state index contributed by atoms with van der Waals surface area (Å²) in [6.07, 6.45) is 2.69. The first-order chi connectivity index (χ1) is 9.70. The lowest BCUT2D eigenvalue weighted by Gasteiger charge is -2.24. The Morgan fingerprint density at radius 2 is 2.15 bits per heavy atom. The fourth-order valence-electron chi connectivity index (χ4n) is 3.42. The molecule has 2 heterocycles. The Morgan fingerprint density at radius 1 is 1.35 bits per heavy atom. The van der Waals surface area contributed by atoms with Crippen molar-refractivity contribution in [2.24, 2.45) is 5.92 Å². The first kappa shape index (κ1) is 13.6. The van der Waals surface area contributed by atoms with Crippen molar-refractivity contribution < 1.29 is 4.79 Å². The van der Waals surface area contributed by atoms with Gasteiger partial charge in [-0.3, -0.25) is 9.69 Å². The van der Waals surface area contributed by atoms with Gasteiger partial charge in [-0.25, -0.2) is 0 Å². The Labute approximate surface area is 120 Å². The smallest absolute Gasteiger partial charge is 0.221 e. The number of benzene rings is 1. The van der Waals surface area contributed by atoms with Gasteiger partial charge in [0.2, 0.25) is 5.91 Å². The van der Waals surface area contributed by atoms with E-state index in [0.29, 0.717) is 6.04 Å². The number of likely N-dealkylation sites (tertiary alicyclic amines) is 1. The van der Waals surface area contributed by atoms with Crippen LogP contribution in [0.1, 0.15) is 25.3 Å². The molecule has 2 atom stereocenters. The van der Waals surface area contributed by atoms with Crippen LogP contribution in [0.4, 0.5) is 5.69 Å². The molecule has 2 fully saturated rings. The maximum absolute atomic E-state index is 11.0. The molecule has 2 N–H and O–H groups in total. The SMILES string of the molecule is CC(=O)Nc1ccc(CN2C[C@@H]3CCCN[C@@H]3C2)cc1. The van der Waals surface area contributed by atoms with Crippen molar-refractivity contribution in [3.8, 4) is 0 Å². The first-order valence-corrected chi connectivity index (χ1v) is 7.53. The number of piperidine rings is 1. The number of fused-ring (bicyclic) bond motifs is 1. The van der Waals surface area contributed by atoms with Gasteiger partial charge in [0.25, 0.3) is 0 Å². The van der Waals surface area contributed by atoms with Crippen molar-refractivity contribution in [2.45, 2.75) is 32.4 Å². The lowest BCUT2D eigenvalue weighted by molar-refractivity contribution is -0.114. The molecule has 0 unspecified atom stereocenters.